The van der Waals surface area contributed by atoms with Crippen LogP contribution in [-0.4, -0.2) is 24.7 Å². The summed E-state index contributed by atoms with van der Waals surface area (Å²) < 4.78 is 5.81. The first kappa shape index (κ1) is 11.6. The first-order valence-corrected chi connectivity index (χ1v) is 5.96. The second-order valence-electron chi connectivity index (χ2n) is 4.60. The Morgan fingerprint density at radius 2 is 2.25 bits per heavy atom. The lowest BCUT2D eigenvalue weighted by atomic mass is 9.82. The Labute approximate surface area is 97.2 Å². The highest BCUT2D eigenvalue weighted by molar-refractivity contribution is 5.09. The summed E-state index contributed by atoms with van der Waals surface area (Å²) >= 11 is 0. The molecule has 88 valence electrons. The van der Waals surface area contributed by atoms with Gasteiger partial charge in [-0.2, -0.15) is 0 Å². The second kappa shape index (κ2) is 5.41. The highest BCUT2D eigenvalue weighted by Gasteiger charge is 2.28. The van der Waals surface area contributed by atoms with Crippen LogP contribution in [0.4, 0.5) is 0 Å². The van der Waals surface area contributed by atoms with Gasteiger partial charge in [0, 0.05) is 5.69 Å². The van der Waals surface area contributed by atoms with Crippen molar-refractivity contribution in [2.45, 2.75) is 32.5 Å². The summed E-state index contributed by atoms with van der Waals surface area (Å²) in [5, 5.41) is 3.20. The van der Waals surface area contributed by atoms with E-state index in [0.29, 0.717) is 12.7 Å². The zero-order valence-electron chi connectivity index (χ0n) is 10.1. The Hall–Kier alpha value is -0.930. The molecule has 0 atom stereocenters. The predicted octanol–water partition coefficient (Wildman–Crippen LogP) is 1.90. The van der Waals surface area contributed by atoms with Gasteiger partial charge in [-0.05, 0) is 51.4 Å². The van der Waals surface area contributed by atoms with Gasteiger partial charge in [-0.25, -0.2) is 0 Å². The Bertz CT molecular complexity index is 334. The second-order valence-corrected chi connectivity index (χ2v) is 4.60. The van der Waals surface area contributed by atoms with E-state index in [1.165, 1.54) is 12.8 Å². The van der Waals surface area contributed by atoms with E-state index in [0.717, 1.165) is 23.9 Å². The van der Waals surface area contributed by atoms with Gasteiger partial charge < -0.3 is 10.1 Å². The van der Waals surface area contributed by atoms with Crippen molar-refractivity contribution in [1.29, 1.82) is 0 Å². The molecule has 0 radical (unpaired) electrons. The van der Waals surface area contributed by atoms with Gasteiger partial charge in [-0.1, -0.05) is 6.07 Å². The lowest BCUT2D eigenvalue weighted by Gasteiger charge is -2.34. The first-order valence-electron chi connectivity index (χ1n) is 5.96. The van der Waals surface area contributed by atoms with Crippen molar-refractivity contribution < 1.29 is 4.74 Å². The average Bonchev–Trinajstić information content (AvgIpc) is 2.21. The van der Waals surface area contributed by atoms with E-state index in [-0.39, 0.29) is 0 Å². The molecule has 0 saturated heterocycles. The minimum absolute atomic E-state index is 0.445. The van der Waals surface area contributed by atoms with Gasteiger partial charge in [0.25, 0.3) is 0 Å². The molecule has 1 aromatic rings. The van der Waals surface area contributed by atoms with Crippen molar-refractivity contribution in [3.05, 3.63) is 29.6 Å². The SMILES string of the molecule is CNCC1CC(OCc2cccc(C)n2)C1. The van der Waals surface area contributed by atoms with Crippen LogP contribution in [0.2, 0.25) is 0 Å². The van der Waals surface area contributed by atoms with Gasteiger partial charge in [-0.3, -0.25) is 4.98 Å². The number of rotatable bonds is 5. The fourth-order valence-electron chi connectivity index (χ4n) is 2.15. The Kier molecular flexibility index (Phi) is 3.91. The van der Waals surface area contributed by atoms with Crippen molar-refractivity contribution in [3.8, 4) is 0 Å². The zero-order chi connectivity index (χ0) is 11.4. The smallest absolute Gasteiger partial charge is 0.0891 e. The normalized spacial score (nSPS) is 24.1. The van der Waals surface area contributed by atoms with Crippen LogP contribution in [-0.2, 0) is 11.3 Å². The van der Waals surface area contributed by atoms with Gasteiger partial charge in [0.1, 0.15) is 0 Å². The molecule has 1 fully saturated rings. The Balaban J connectivity index is 1.69. The molecule has 1 aromatic heterocycles. The van der Waals surface area contributed by atoms with Crippen LogP contribution in [0.3, 0.4) is 0 Å². The maximum absolute atomic E-state index is 5.81. The van der Waals surface area contributed by atoms with E-state index in [9.17, 15) is 0 Å². The number of nitrogens with zero attached hydrogens (tertiary/aromatic N) is 1. The van der Waals surface area contributed by atoms with Crippen LogP contribution in [0.5, 0.6) is 0 Å². The lowest BCUT2D eigenvalue weighted by molar-refractivity contribution is -0.0403. The van der Waals surface area contributed by atoms with Crippen LogP contribution in [0.1, 0.15) is 24.2 Å². The highest BCUT2D eigenvalue weighted by Crippen LogP contribution is 2.29. The topological polar surface area (TPSA) is 34.1 Å². The standard InChI is InChI=1S/C13H20N2O/c1-10-4-3-5-12(15-10)9-16-13-6-11(7-13)8-14-2/h3-5,11,13-14H,6-9H2,1-2H3. The molecule has 0 spiro atoms. The van der Waals surface area contributed by atoms with Gasteiger partial charge in [0.2, 0.25) is 0 Å². The van der Waals surface area contributed by atoms with E-state index in [1.807, 2.05) is 32.2 Å². The molecule has 16 heavy (non-hydrogen) atoms. The largest absolute Gasteiger partial charge is 0.372 e. The molecule has 0 aliphatic heterocycles. The number of ether oxygens (including phenoxy) is 1. The third kappa shape index (κ3) is 3.03. The predicted molar refractivity (Wildman–Crippen MR) is 64.2 cm³/mol. The molecule has 2 rings (SSSR count). The molecular formula is C13H20N2O. The summed E-state index contributed by atoms with van der Waals surface area (Å²) in [6.07, 6.45) is 2.82. The van der Waals surface area contributed by atoms with Crippen LogP contribution in [0, 0.1) is 12.8 Å². The van der Waals surface area contributed by atoms with Gasteiger partial charge in [-0.15, -0.1) is 0 Å². The summed E-state index contributed by atoms with van der Waals surface area (Å²) in [6.45, 7) is 3.77. The van der Waals surface area contributed by atoms with Crippen molar-refractivity contribution >= 4 is 0 Å². The van der Waals surface area contributed by atoms with Gasteiger partial charge in [0.15, 0.2) is 0 Å². The number of hydrogen-bond donors (Lipinski definition) is 1. The summed E-state index contributed by atoms with van der Waals surface area (Å²) in [4.78, 5) is 4.42. The Morgan fingerprint density at radius 3 is 2.94 bits per heavy atom. The first-order chi connectivity index (χ1) is 7.78. The van der Waals surface area contributed by atoms with Crippen molar-refractivity contribution in [3.63, 3.8) is 0 Å². The molecular weight excluding hydrogens is 200 g/mol. The fourth-order valence-corrected chi connectivity index (χ4v) is 2.15. The average molecular weight is 220 g/mol. The molecule has 3 heteroatoms. The quantitative estimate of drug-likeness (QED) is 0.823. The minimum atomic E-state index is 0.445. The Morgan fingerprint density at radius 1 is 1.44 bits per heavy atom. The molecule has 1 N–H and O–H groups in total. The molecule has 0 aromatic carbocycles. The van der Waals surface area contributed by atoms with Crippen LogP contribution < -0.4 is 5.32 Å². The van der Waals surface area contributed by atoms with Crippen LogP contribution in [0.15, 0.2) is 18.2 Å². The number of hydrogen-bond acceptors (Lipinski definition) is 3. The van der Waals surface area contributed by atoms with Crippen LogP contribution >= 0.6 is 0 Å². The zero-order valence-corrected chi connectivity index (χ0v) is 10.1. The molecule has 0 unspecified atom stereocenters. The monoisotopic (exact) mass is 220 g/mol. The third-order valence-electron chi connectivity index (χ3n) is 3.10. The van der Waals surface area contributed by atoms with Gasteiger partial charge >= 0.3 is 0 Å². The van der Waals surface area contributed by atoms with E-state index >= 15 is 0 Å². The summed E-state index contributed by atoms with van der Waals surface area (Å²) in [7, 11) is 2.00. The summed E-state index contributed by atoms with van der Waals surface area (Å²) in [6, 6.07) is 6.07. The van der Waals surface area contributed by atoms with E-state index in [1.54, 1.807) is 0 Å². The molecule has 0 amide bonds. The summed E-state index contributed by atoms with van der Waals surface area (Å²) in [5.41, 5.74) is 2.10. The fraction of sp³-hybridized carbons (Fsp3) is 0.615. The van der Waals surface area contributed by atoms with E-state index in [4.69, 9.17) is 4.74 Å². The maximum Gasteiger partial charge on any atom is 0.0891 e. The summed E-state index contributed by atoms with van der Waals surface area (Å²) in [5.74, 6) is 0.806. The van der Waals surface area contributed by atoms with Crippen molar-refractivity contribution in [2.24, 2.45) is 5.92 Å². The highest BCUT2D eigenvalue weighted by atomic mass is 16.5. The molecule has 1 heterocycles. The van der Waals surface area contributed by atoms with Crippen molar-refractivity contribution in [2.75, 3.05) is 13.6 Å². The van der Waals surface area contributed by atoms with Gasteiger partial charge in [0.05, 0.1) is 18.4 Å². The van der Waals surface area contributed by atoms with Crippen molar-refractivity contribution in [1.82, 2.24) is 10.3 Å². The molecule has 0 bridgehead atoms. The van der Waals surface area contributed by atoms with E-state index in [2.05, 4.69) is 10.3 Å². The maximum atomic E-state index is 5.81. The molecule has 1 saturated carbocycles. The molecule has 1 aliphatic carbocycles. The molecule has 1 aliphatic rings. The number of aryl methyl sites for hydroxylation is 1. The third-order valence-corrected chi connectivity index (χ3v) is 3.10. The number of nitrogens with one attached hydrogen (secondary N) is 1. The molecule has 3 nitrogen and oxygen atoms in total. The van der Waals surface area contributed by atoms with Crippen LogP contribution in [0.25, 0.3) is 0 Å². The van der Waals surface area contributed by atoms with E-state index < -0.39 is 0 Å². The minimum Gasteiger partial charge on any atom is -0.372 e. The number of pyridine rings is 1. The lowest BCUT2D eigenvalue weighted by Crippen LogP contribution is -2.36. The number of aromatic nitrogens is 1.